The SMILES string of the molecule is CC1CCC(C)c2cc3c4c(oc3cc21)N(c1ccc2c(c1)C(C)(C)CCC2(C)C)c1cc(N(c2ccccc2)c2ccccc2)cc2c1B4c1cc3c(cc1N2c1ccc2c(c1)C(C)(C)CCC2(C)C)C(C)CCC3(C)C. The zero-order valence-corrected chi connectivity index (χ0v) is 48.9. The maximum atomic E-state index is 7.77. The van der Waals surface area contributed by atoms with E-state index in [4.69, 9.17) is 4.42 Å². The van der Waals surface area contributed by atoms with Crippen molar-refractivity contribution in [2.24, 2.45) is 0 Å². The van der Waals surface area contributed by atoms with Gasteiger partial charge in [0.2, 0.25) is 5.88 Å². The first kappa shape index (κ1) is 49.8. The van der Waals surface area contributed by atoms with Gasteiger partial charge in [0.05, 0.1) is 5.69 Å². The van der Waals surface area contributed by atoms with Gasteiger partial charge in [-0.2, -0.15) is 0 Å². The van der Waals surface area contributed by atoms with Crippen LogP contribution in [-0.2, 0) is 27.1 Å². The van der Waals surface area contributed by atoms with Crippen LogP contribution in [0.15, 0.2) is 138 Å². The zero-order chi connectivity index (χ0) is 54.2. The molecule has 3 heterocycles. The summed E-state index contributed by atoms with van der Waals surface area (Å²) in [5.41, 5.74) is 26.5. The molecule has 2 aliphatic heterocycles. The standard InChI is InChI=1S/C73H80BN3O/c1-44-24-25-45(2)53-42-65-55(40-52(44)53)66-68(78-65)77(50-27-29-57-60(37-50)73(12,13)35-33-71(57,8)9)64-39-51(75(47-20-16-14-17-21-47)48-22-18-15-19-23-48)38-63-67(64)74(66)61-43-58-54(46(3)30-31-69(58,4)5)41-62(61)76(63)49-26-28-56-59(36-49)72(10,11)34-32-70(56,6)7/h14-23,26-29,36-46H,24-25,30-35H2,1-13H3. The molecule has 4 aliphatic carbocycles. The number of rotatable bonds is 5. The second-order valence-electron chi connectivity index (χ2n) is 28.5. The van der Waals surface area contributed by atoms with Crippen LogP contribution in [0.25, 0.3) is 11.0 Å². The minimum absolute atomic E-state index is 0.00742. The Morgan fingerprint density at radius 3 is 1.47 bits per heavy atom. The molecule has 0 spiro atoms. The van der Waals surface area contributed by atoms with Gasteiger partial charge in [-0.1, -0.05) is 145 Å². The summed E-state index contributed by atoms with van der Waals surface area (Å²) in [6.45, 7) is 32.0. The molecule has 3 atom stereocenters. The third-order valence-electron chi connectivity index (χ3n) is 21.1. The number of hydrogen-bond donors (Lipinski definition) is 0. The molecule has 8 aromatic rings. The maximum Gasteiger partial charge on any atom is 0.257 e. The van der Waals surface area contributed by atoms with Crippen molar-refractivity contribution in [3.63, 3.8) is 0 Å². The Kier molecular flexibility index (Phi) is 10.9. The van der Waals surface area contributed by atoms with Crippen molar-refractivity contribution in [2.75, 3.05) is 14.7 Å². The number of furan rings is 1. The van der Waals surface area contributed by atoms with Gasteiger partial charge in [0.25, 0.3) is 6.71 Å². The van der Waals surface area contributed by atoms with Gasteiger partial charge in [-0.15, -0.1) is 0 Å². The lowest BCUT2D eigenvalue weighted by atomic mass is 9.33. The quantitative estimate of drug-likeness (QED) is 0.160. The largest absolute Gasteiger partial charge is 0.440 e. The lowest BCUT2D eigenvalue weighted by Gasteiger charge is -2.46. The van der Waals surface area contributed by atoms with Gasteiger partial charge in [0, 0.05) is 50.7 Å². The Morgan fingerprint density at radius 1 is 0.423 bits per heavy atom. The van der Waals surface area contributed by atoms with Crippen LogP contribution in [0.3, 0.4) is 0 Å². The molecule has 3 unspecified atom stereocenters. The van der Waals surface area contributed by atoms with Crippen molar-refractivity contribution >= 4 is 85.5 Å². The molecule has 78 heavy (non-hydrogen) atoms. The van der Waals surface area contributed by atoms with E-state index in [2.05, 4.69) is 238 Å². The van der Waals surface area contributed by atoms with E-state index in [1.54, 1.807) is 0 Å². The number of fused-ring (bicyclic) bond motifs is 10. The molecule has 396 valence electrons. The molecule has 14 rings (SSSR count). The van der Waals surface area contributed by atoms with Gasteiger partial charge in [-0.05, 0) is 230 Å². The van der Waals surface area contributed by atoms with Gasteiger partial charge in [-0.3, -0.25) is 4.90 Å². The van der Waals surface area contributed by atoms with Crippen molar-refractivity contribution in [2.45, 2.75) is 186 Å². The predicted molar refractivity (Wildman–Crippen MR) is 332 cm³/mol. The van der Waals surface area contributed by atoms with E-state index in [0.717, 1.165) is 47.1 Å². The van der Waals surface area contributed by atoms with Crippen LogP contribution in [0.1, 0.15) is 204 Å². The third kappa shape index (κ3) is 7.37. The molecule has 0 N–H and O–H groups in total. The van der Waals surface area contributed by atoms with Crippen LogP contribution in [0.5, 0.6) is 0 Å². The minimum atomic E-state index is -0.0987. The molecular formula is C73H80BN3O. The molecule has 0 amide bonds. The summed E-state index contributed by atoms with van der Waals surface area (Å²) >= 11 is 0. The molecule has 1 aromatic heterocycles. The Labute approximate surface area is 466 Å². The van der Waals surface area contributed by atoms with Crippen LogP contribution in [0.2, 0.25) is 0 Å². The first-order chi connectivity index (χ1) is 37.1. The summed E-state index contributed by atoms with van der Waals surface area (Å²) in [7, 11) is 0. The summed E-state index contributed by atoms with van der Waals surface area (Å²) < 4.78 is 7.77. The third-order valence-corrected chi connectivity index (χ3v) is 21.1. The van der Waals surface area contributed by atoms with Crippen molar-refractivity contribution < 1.29 is 4.42 Å². The second-order valence-corrected chi connectivity index (χ2v) is 28.5. The fourth-order valence-electron chi connectivity index (χ4n) is 15.9. The van der Waals surface area contributed by atoms with E-state index in [1.165, 1.54) is 128 Å². The molecule has 4 nitrogen and oxygen atoms in total. The van der Waals surface area contributed by atoms with E-state index in [9.17, 15) is 0 Å². The van der Waals surface area contributed by atoms with Gasteiger partial charge < -0.3 is 14.2 Å². The highest BCUT2D eigenvalue weighted by Gasteiger charge is 2.50. The van der Waals surface area contributed by atoms with E-state index in [1.807, 2.05) is 0 Å². The summed E-state index contributed by atoms with van der Waals surface area (Å²) in [6, 6.07) is 52.6. The fraction of sp³-hybridized carbons (Fsp3) is 0.397. The second kappa shape index (κ2) is 17.0. The highest BCUT2D eigenvalue weighted by molar-refractivity contribution is 7.01. The Bertz CT molecular complexity index is 3720. The van der Waals surface area contributed by atoms with Crippen LogP contribution in [-0.4, -0.2) is 6.71 Å². The van der Waals surface area contributed by atoms with Gasteiger partial charge in [0.15, 0.2) is 0 Å². The Morgan fingerprint density at radius 2 is 0.910 bits per heavy atom. The highest BCUT2D eigenvalue weighted by atomic mass is 16.4. The lowest BCUT2D eigenvalue weighted by Crippen LogP contribution is -2.61. The van der Waals surface area contributed by atoms with E-state index < -0.39 is 0 Å². The molecule has 6 aliphatic rings. The predicted octanol–water partition coefficient (Wildman–Crippen LogP) is 18.9. The molecule has 0 radical (unpaired) electrons. The van der Waals surface area contributed by atoms with Crippen LogP contribution in [0.4, 0.5) is 51.4 Å². The number of para-hydroxylation sites is 2. The van der Waals surface area contributed by atoms with Gasteiger partial charge in [-0.25, -0.2) is 0 Å². The normalized spacial score (nSPS) is 22.3. The molecule has 5 heteroatoms. The monoisotopic (exact) mass is 1030 g/mol. The van der Waals surface area contributed by atoms with Crippen molar-refractivity contribution in [3.8, 4) is 0 Å². The smallest absolute Gasteiger partial charge is 0.257 e. The number of benzene rings is 7. The molecule has 0 saturated heterocycles. The van der Waals surface area contributed by atoms with Gasteiger partial charge in [0.1, 0.15) is 5.58 Å². The summed E-state index contributed by atoms with van der Waals surface area (Å²) in [5, 5.41) is 1.26. The van der Waals surface area contributed by atoms with Crippen LogP contribution in [0, 0.1) is 0 Å². The van der Waals surface area contributed by atoms with E-state index in [-0.39, 0.29) is 33.8 Å². The van der Waals surface area contributed by atoms with Gasteiger partial charge >= 0.3 is 0 Å². The summed E-state index contributed by atoms with van der Waals surface area (Å²) in [5.74, 6) is 2.35. The van der Waals surface area contributed by atoms with E-state index >= 15 is 0 Å². The first-order valence-electron chi connectivity index (χ1n) is 29.9. The van der Waals surface area contributed by atoms with Crippen LogP contribution >= 0.6 is 0 Å². The molecule has 0 fully saturated rings. The molecular weight excluding hydrogens is 946 g/mol. The maximum absolute atomic E-state index is 7.77. The topological polar surface area (TPSA) is 22.9 Å². The average Bonchev–Trinajstić information content (AvgIpc) is 3.12. The molecule has 0 saturated carbocycles. The fourth-order valence-corrected chi connectivity index (χ4v) is 15.9. The Balaban J connectivity index is 1.15. The van der Waals surface area contributed by atoms with Crippen LogP contribution < -0.4 is 31.1 Å². The highest BCUT2D eigenvalue weighted by Crippen LogP contribution is 2.56. The molecule has 7 aromatic carbocycles. The Hall–Kier alpha value is -6.46. The lowest BCUT2D eigenvalue weighted by molar-refractivity contribution is 0.332. The minimum Gasteiger partial charge on any atom is -0.440 e. The van der Waals surface area contributed by atoms with E-state index in [0.29, 0.717) is 17.8 Å². The van der Waals surface area contributed by atoms with Crippen molar-refractivity contribution in [1.29, 1.82) is 0 Å². The average molecular weight is 1030 g/mol. The first-order valence-corrected chi connectivity index (χ1v) is 29.9. The van der Waals surface area contributed by atoms with Crippen molar-refractivity contribution in [1.82, 2.24) is 0 Å². The summed E-state index contributed by atoms with van der Waals surface area (Å²) in [6.07, 6.45) is 9.41. The van der Waals surface area contributed by atoms with Crippen molar-refractivity contribution in [3.05, 3.63) is 178 Å². The molecule has 0 bridgehead atoms. The zero-order valence-electron chi connectivity index (χ0n) is 48.9. The number of anilines is 9. The number of nitrogens with zero attached hydrogens (tertiary/aromatic N) is 3. The number of hydrogen-bond acceptors (Lipinski definition) is 4. The summed E-state index contributed by atoms with van der Waals surface area (Å²) in [4.78, 5) is 7.79.